The number of azo groups is 1. The van der Waals surface area contributed by atoms with Gasteiger partial charge in [0, 0.05) is 0 Å². The van der Waals surface area contributed by atoms with Crippen LogP contribution in [0.3, 0.4) is 0 Å². The molecule has 0 aliphatic rings. The lowest BCUT2D eigenvalue weighted by molar-refractivity contribution is 1.24. The number of rotatable bonds is 2. The maximum absolute atomic E-state index is 6.99. The van der Waals surface area contributed by atoms with Gasteiger partial charge < -0.3 is 0 Å². The van der Waals surface area contributed by atoms with Crippen molar-refractivity contribution in [3.63, 3.8) is 0 Å². The van der Waals surface area contributed by atoms with Gasteiger partial charge in [0.15, 0.2) is 0 Å². The summed E-state index contributed by atoms with van der Waals surface area (Å²) in [6.45, 7) is 6.99. The monoisotopic (exact) mass is 207 g/mol. The summed E-state index contributed by atoms with van der Waals surface area (Å²) in [5.74, 6) is 0. The van der Waals surface area contributed by atoms with Gasteiger partial charge in [0.1, 0.15) is 0 Å². The lowest BCUT2D eigenvalue weighted by Gasteiger charge is -1.95. The first-order chi connectivity index (χ1) is 7.90. The molecule has 0 amide bonds. The van der Waals surface area contributed by atoms with Crippen molar-refractivity contribution in [3.05, 3.63) is 66.0 Å². The Morgan fingerprint density at radius 2 is 1.50 bits per heavy atom. The normalized spacial score (nSPS) is 10.2. The van der Waals surface area contributed by atoms with Gasteiger partial charge in [0.2, 0.25) is 5.69 Å². The molecule has 0 aliphatic carbocycles. The summed E-state index contributed by atoms with van der Waals surface area (Å²) in [7, 11) is 0. The molecule has 0 aliphatic heterocycles. The van der Waals surface area contributed by atoms with Crippen molar-refractivity contribution in [1.29, 1.82) is 0 Å². The Kier molecular flexibility index (Phi) is 3.05. The highest BCUT2D eigenvalue weighted by Crippen LogP contribution is 2.28. The topological polar surface area (TPSA) is 29.1 Å². The molecule has 0 unspecified atom stereocenters. The van der Waals surface area contributed by atoms with Crippen molar-refractivity contribution in [2.45, 2.75) is 0 Å². The zero-order chi connectivity index (χ0) is 11.2. The van der Waals surface area contributed by atoms with Gasteiger partial charge in [-0.25, -0.2) is 4.85 Å². The zero-order valence-electron chi connectivity index (χ0n) is 8.54. The van der Waals surface area contributed by atoms with Crippen molar-refractivity contribution >= 4 is 17.1 Å². The lowest BCUT2D eigenvalue weighted by atomic mass is 10.3. The predicted molar refractivity (Wildman–Crippen MR) is 63.3 cm³/mol. The molecule has 3 nitrogen and oxygen atoms in total. The van der Waals surface area contributed by atoms with E-state index in [2.05, 4.69) is 15.1 Å². The molecule has 0 atom stereocenters. The fraction of sp³-hybridized carbons (Fsp3) is 0. The van der Waals surface area contributed by atoms with Gasteiger partial charge in [-0.15, -0.1) is 0 Å². The first kappa shape index (κ1) is 10.1. The van der Waals surface area contributed by atoms with Gasteiger partial charge in [0.05, 0.1) is 17.9 Å². The summed E-state index contributed by atoms with van der Waals surface area (Å²) in [6, 6.07) is 16.6. The molecule has 0 spiro atoms. The van der Waals surface area contributed by atoms with Gasteiger partial charge in [-0.2, -0.15) is 10.2 Å². The van der Waals surface area contributed by atoms with Crippen LogP contribution in [0.15, 0.2) is 64.8 Å². The fourth-order valence-corrected chi connectivity index (χ4v) is 1.25. The SMILES string of the molecule is [C-]#[N+]c1ccccc1N=Nc1ccccc1. The second-order valence-electron chi connectivity index (χ2n) is 3.14. The van der Waals surface area contributed by atoms with Crippen LogP contribution in [-0.2, 0) is 0 Å². The van der Waals surface area contributed by atoms with Gasteiger partial charge >= 0.3 is 0 Å². The van der Waals surface area contributed by atoms with Crippen LogP contribution in [0.5, 0.6) is 0 Å². The third-order valence-corrected chi connectivity index (χ3v) is 2.03. The highest BCUT2D eigenvalue weighted by molar-refractivity contribution is 5.65. The van der Waals surface area contributed by atoms with Crippen molar-refractivity contribution in [2.75, 3.05) is 0 Å². The Bertz CT molecular complexity index is 539. The average molecular weight is 207 g/mol. The Labute approximate surface area is 93.9 Å². The molecule has 2 aromatic carbocycles. The molecule has 2 rings (SSSR count). The number of hydrogen-bond donors (Lipinski definition) is 0. The summed E-state index contributed by atoms with van der Waals surface area (Å²) in [6.07, 6.45) is 0. The Morgan fingerprint density at radius 1 is 0.812 bits per heavy atom. The van der Waals surface area contributed by atoms with Crippen molar-refractivity contribution < 1.29 is 0 Å². The summed E-state index contributed by atoms with van der Waals surface area (Å²) < 4.78 is 0. The van der Waals surface area contributed by atoms with Crippen LogP contribution < -0.4 is 0 Å². The molecule has 0 saturated carbocycles. The molecule has 0 radical (unpaired) electrons. The third-order valence-electron chi connectivity index (χ3n) is 2.03. The molecule has 2 aromatic rings. The van der Waals surface area contributed by atoms with Crippen LogP contribution in [0.4, 0.5) is 17.1 Å². The third kappa shape index (κ3) is 2.31. The summed E-state index contributed by atoms with van der Waals surface area (Å²) in [4.78, 5) is 3.38. The molecule has 0 fully saturated rings. The molecule has 0 aromatic heterocycles. The van der Waals surface area contributed by atoms with E-state index in [4.69, 9.17) is 6.57 Å². The summed E-state index contributed by atoms with van der Waals surface area (Å²) in [5.41, 5.74) is 1.89. The van der Waals surface area contributed by atoms with Gasteiger partial charge in [0.25, 0.3) is 0 Å². The molecule has 0 bridgehead atoms. The van der Waals surface area contributed by atoms with Gasteiger partial charge in [-0.05, 0) is 18.2 Å². The van der Waals surface area contributed by atoms with Gasteiger partial charge in [-0.1, -0.05) is 36.4 Å². The minimum absolute atomic E-state index is 0.516. The van der Waals surface area contributed by atoms with Crippen LogP contribution >= 0.6 is 0 Å². The van der Waals surface area contributed by atoms with E-state index in [0.717, 1.165) is 5.69 Å². The van der Waals surface area contributed by atoms with Crippen LogP contribution in [0.2, 0.25) is 0 Å². The first-order valence-electron chi connectivity index (χ1n) is 4.83. The smallest absolute Gasteiger partial charge is 0.214 e. The van der Waals surface area contributed by atoms with E-state index in [9.17, 15) is 0 Å². The second kappa shape index (κ2) is 4.85. The molecule has 3 heteroatoms. The summed E-state index contributed by atoms with van der Waals surface area (Å²) in [5, 5.41) is 8.13. The van der Waals surface area contributed by atoms with Crippen LogP contribution in [0, 0.1) is 6.57 Å². The highest BCUT2D eigenvalue weighted by atomic mass is 15.1. The molecule has 0 heterocycles. The largest absolute Gasteiger partial charge is 0.236 e. The zero-order valence-corrected chi connectivity index (χ0v) is 8.54. The van der Waals surface area contributed by atoms with E-state index in [-0.39, 0.29) is 0 Å². The number of para-hydroxylation sites is 1. The number of hydrogen-bond acceptors (Lipinski definition) is 2. The molecule has 16 heavy (non-hydrogen) atoms. The number of nitrogens with zero attached hydrogens (tertiary/aromatic N) is 3. The van der Waals surface area contributed by atoms with E-state index < -0.39 is 0 Å². The molecule has 0 N–H and O–H groups in total. The Balaban J connectivity index is 2.28. The molecular weight excluding hydrogens is 198 g/mol. The van der Waals surface area contributed by atoms with Crippen molar-refractivity contribution in [2.24, 2.45) is 10.2 Å². The van der Waals surface area contributed by atoms with Crippen LogP contribution in [0.25, 0.3) is 4.85 Å². The van der Waals surface area contributed by atoms with E-state index in [0.29, 0.717) is 11.4 Å². The standard InChI is InChI=1S/C13H9N3/c1-14-12-9-5-6-10-13(12)16-15-11-7-3-2-4-8-11/h2-10H. The molecular formula is C13H9N3. The fourth-order valence-electron chi connectivity index (χ4n) is 1.25. The average Bonchev–Trinajstić information content (AvgIpc) is 2.38. The Morgan fingerprint density at radius 3 is 2.25 bits per heavy atom. The van der Waals surface area contributed by atoms with Crippen LogP contribution in [0.1, 0.15) is 0 Å². The van der Waals surface area contributed by atoms with Crippen LogP contribution in [-0.4, -0.2) is 0 Å². The quantitative estimate of drug-likeness (QED) is 0.506. The maximum Gasteiger partial charge on any atom is 0.214 e. The van der Waals surface area contributed by atoms with E-state index in [1.54, 1.807) is 12.1 Å². The minimum Gasteiger partial charge on any atom is -0.236 e. The molecule has 76 valence electrons. The maximum atomic E-state index is 6.99. The second-order valence-corrected chi connectivity index (χ2v) is 3.14. The van der Waals surface area contributed by atoms with Gasteiger partial charge in [-0.3, -0.25) is 0 Å². The highest BCUT2D eigenvalue weighted by Gasteiger charge is 1.98. The predicted octanol–water partition coefficient (Wildman–Crippen LogP) is 4.65. The lowest BCUT2D eigenvalue weighted by Crippen LogP contribution is -1.65. The van der Waals surface area contributed by atoms with E-state index in [1.807, 2.05) is 42.5 Å². The first-order valence-corrected chi connectivity index (χ1v) is 4.83. The summed E-state index contributed by atoms with van der Waals surface area (Å²) >= 11 is 0. The number of benzene rings is 2. The molecule has 0 saturated heterocycles. The minimum atomic E-state index is 0.516. The van der Waals surface area contributed by atoms with E-state index in [1.165, 1.54) is 0 Å². The van der Waals surface area contributed by atoms with Crippen molar-refractivity contribution in [3.8, 4) is 0 Å². The Hall–Kier alpha value is -2.47. The van der Waals surface area contributed by atoms with Crippen molar-refractivity contribution in [1.82, 2.24) is 0 Å². The van der Waals surface area contributed by atoms with E-state index >= 15 is 0 Å².